The predicted molar refractivity (Wildman–Crippen MR) is 76.8 cm³/mol. The van der Waals surface area contributed by atoms with Crippen molar-refractivity contribution in [2.45, 2.75) is 37.6 Å². The highest BCUT2D eigenvalue weighted by molar-refractivity contribution is 7.89. The third kappa shape index (κ3) is 2.99. The van der Waals surface area contributed by atoms with Crippen molar-refractivity contribution in [1.82, 2.24) is 9.62 Å². The van der Waals surface area contributed by atoms with Crippen molar-refractivity contribution in [3.8, 4) is 0 Å². The number of nitrogens with one attached hydrogen (secondary N) is 1. The number of aryl methyl sites for hydroxylation is 2. The molecule has 0 bridgehead atoms. The van der Waals surface area contributed by atoms with Gasteiger partial charge >= 0.3 is 0 Å². The summed E-state index contributed by atoms with van der Waals surface area (Å²) in [5, 5.41) is 3.26. The van der Waals surface area contributed by atoms with Gasteiger partial charge in [-0.15, -0.1) is 0 Å². The van der Waals surface area contributed by atoms with Gasteiger partial charge in [-0.05, 0) is 57.0 Å². The highest BCUT2D eigenvalue weighted by atomic mass is 32.2. The van der Waals surface area contributed by atoms with Crippen LogP contribution in [0.4, 0.5) is 0 Å². The van der Waals surface area contributed by atoms with E-state index in [-0.39, 0.29) is 6.04 Å². The molecule has 1 aliphatic rings. The van der Waals surface area contributed by atoms with Crippen LogP contribution >= 0.6 is 0 Å². The van der Waals surface area contributed by atoms with E-state index >= 15 is 0 Å². The molecular weight excluding hydrogens is 260 g/mol. The van der Waals surface area contributed by atoms with Crippen LogP contribution in [0.2, 0.25) is 0 Å². The van der Waals surface area contributed by atoms with Crippen LogP contribution in [0.3, 0.4) is 0 Å². The molecule has 0 saturated carbocycles. The zero-order valence-electron chi connectivity index (χ0n) is 11.8. The van der Waals surface area contributed by atoms with E-state index in [0.29, 0.717) is 4.90 Å². The van der Waals surface area contributed by atoms with Crippen LogP contribution in [0.15, 0.2) is 23.1 Å². The summed E-state index contributed by atoms with van der Waals surface area (Å²) >= 11 is 0. The van der Waals surface area contributed by atoms with Crippen LogP contribution < -0.4 is 5.32 Å². The standard InChI is InChI=1S/C14H22N2O2S/c1-11-4-5-12(2)14(10-11)19(17,18)16(3)13-6-8-15-9-7-13/h4-5,10,13,15H,6-9H2,1-3H3. The van der Waals surface area contributed by atoms with Crippen LogP contribution in [0.25, 0.3) is 0 Å². The van der Waals surface area contributed by atoms with Gasteiger partial charge in [0.1, 0.15) is 0 Å². The Morgan fingerprint density at radius 1 is 1.21 bits per heavy atom. The largest absolute Gasteiger partial charge is 0.317 e. The van der Waals surface area contributed by atoms with E-state index in [1.165, 1.54) is 0 Å². The zero-order chi connectivity index (χ0) is 14.0. The average Bonchev–Trinajstić information content (AvgIpc) is 2.41. The summed E-state index contributed by atoms with van der Waals surface area (Å²) < 4.78 is 27.0. The molecule has 0 unspecified atom stereocenters. The van der Waals surface area contributed by atoms with E-state index in [1.807, 2.05) is 26.0 Å². The molecule has 4 nitrogen and oxygen atoms in total. The first-order valence-electron chi connectivity index (χ1n) is 6.69. The van der Waals surface area contributed by atoms with Crippen LogP contribution in [-0.4, -0.2) is 38.9 Å². The van der Waals surface area contributed by atoms with Gasteiger partial charge in [0.05, 0.1) is 4.90 Å². The van der Waals surface area contributed by atoms with E-state index in [9.17, 15) is 8.42 Å². The van der Waals surface area contributed by atoms with Gasteiger partial charge in [-0.2, -0.15) is 4.31 Å². The first kappa shape index (κ1) is 14.5. The fraction of sp³-hybridized carbons (Fsp3) is 0.571. The van der Waals surface area contributed by atoms with Crippen molar-refractivity contribution in [3.63, 3.8) is 0 Å². The second-order valence-electron chi connectivity index (χ2n) is 5.27. The van der Waals surface area contributed by atoms with Crippen LogP contribution in [0.5, 0.6) is 0 Å². The molecule has 1 aromatic rings. The molecule has 1 aliphatic heterocycles. The minimum atomic E-state index is -3.39. The smallest absolute Gasteiger partial charge is 0.243 e. The Morgan fingerprint density at radius 2 is 1.84 bits per heavy atom. The summed E-state index contributed by atoms with van der Waals surface area (Å²) in [5.41, 5.74) is 1.79. The maximum absolute atomic E-state index is 12.7. The number of benzene rings is 1. The van der Waals surface area contributed by atoms with Crippen molar-refractivity contribution >= 4 is 10.0 Å². The lowest BCUT2D eigenvalue weighted by Crippen LogP contribution is -2.44. The van der Waals surface area contributed by atoms with Crippen LogP contribution in [0, 0.1) is 13.8 Å². The number of nitrogens with zero attached hydrogens (tertiary/aromatic N) is 1. The molecule has 1 aromatic carbocycles. The molecule has 0 aromatic heterocycles. The highest BCUT2D eigenvalue weighted by Gasteiger charge is 2.29. The monoisotopic (exact) mass is 282 g/mol. The van der Waals surface area contributed by atoms with E-state index in [1.54, 1.807) is 17.4 Å². The molecule has 106 valence electrons. The maximum atomic E-state index is 12.7. The van der Waals surface area contributed by atoms with Crippen molar-refractivity contribution in [2.24, 2.45) is 0 Å². The summed E-state index contributed by atoms with van der Waals surface area (Å²) in [5.74, 6) is 0. The number of piperidine rings is 1. The Balaban J connectivity index is 2.33. The normalized spacial score (nSPS) is 17.9. The molecule has 0 atom stereocenters. The van der Waals surface area contributed by atoms with Gasteiger partial charge in [-0.3, -0.25) is 0 Å². The lowest BCUT2D eigenvalue weighted by atomic mass is 10.1. The number of hydrogen-bond donors (Lipinski definition) is 1. The SMILES string of the molecule is Cc1ccc(C)c(S(=O)(=O)N(C)C2CCNCC2)c1. The Morgan fingerprint density at radius 3 is 2.47 bits per heavy atom. The second kappa shape index (κ2) is 5.61. The van der Waals surface area contributed by atoms with Crippen molar-refractivity contribution in [3.05, 3.63) is 29.3 Å². The fourth-order valence-electron chi connectivity index (χ4n) is 2.51. The molecule has 0 radical (unpaired) electrons. The molecule has 19 heavy (non-hydrogen) atoms. The molecule has 1 saturated heterocycles. The maximum Gasteiger partial charge on any atom is 0.243 e. The molecule has 0 amide bonds. The van der Waals surface area contributed by atoms with Gasteiger partial charge < -0.3 is 5.32 Å². The van der Waals surface area contributed by atoms with Gasteiger partial charge in [0.2, 0.25) is 10.0 Å². The molecule has 0 aliphatic carbocycles. The summed E-state index contributed by atoms with van der Waals surface area (Å²) in [6.45, 7) is 5.54. The van der Waals surface area contributed by atoms with Crippen molar-refractivity contribution < 1.29 is 8.42 Å². The molecule has 1 N–H and O–H groups in total. The summed E-state index contributed by atoms with van der Waals surface area (Å²) in [7, 11) is -1.68. The number of sulfonamides is 1. The quantitative estimate of drug-likeness (QED) is 0.917. The minimum absolute atomic E-state index is 0.103. The average molecular weight is 282 g/mol. The Labute approximate surface area is 115 Å². The third-order valence-electron chi connectivity index (χ3n) is 3.82. The zero-order valence-corrected chi connectivity index (χ0v) is 12.6. The molecule has 2 rings (SSSR count). The van der Waals surface area contributed by atoms with Crippen LogP contribution in [0.1, 0.15) is 24.0 Å². The number of hydrogen-bond acceptors (Lipinski definition) is 3. The second-order valence-corrected chi connectivity index (χ2v) is 7.24. The lowest BCUT2D eigenvalue weighted by molar-refractivity contribution is 0.296. The predicted octanol–water partition coefficient (Wildman–Crippen LogP) is 1.68. The van der Waals surface area contributed by atoms with Gasteiger partial charge in [0, 0.05) is 13.1 Å². The van der Waals surface area contributed by atoms with Gasteiger partial charge in [0.15, 0.2) is 0 Å². The highest BCUT2D eigenvalue weighted by Crippen LogP contribution is 2.24. The minimum Gasteiger partial charge on any atom is -0.317 e. The third-order valence-corrected chi connectivity index (χ3v) is 5.88. The molecule has 5 heteroatoms. The van der Waals surface area contributed by atoms with E-state index in [0.717, 1.165) is 37.1 Å². The lowest BCUT2D eigenvalue weighted by Gasteiger charge is -2.31. The first-order chi connectivity index (χ1) is 8.93. The van der Waals surface area contributed by atoms with Crippen LogP contribution in [-0.2, 0) is 10.0 Å². The molecule has 1 heterocycles. The summed E-state index contributed by atoms with van der Waals surface area (Å²) in [4.78, 5) is 0.438. The Kier molecular flexibility index (Phi) is 4.28. The first-order valence-corrected chi connectivity index (χ1v) is 8.13. The van der Waals surface area contributed by atoms with E-state index in [2.05, 4.69) is 5.32 Å². The van der Waals surface area contributed by atoms with Crippen molar-refractivity contribution in [1.29, 1.82) is 0 Å². The topological polar surface area (TPSA) is 49.4 Å². The van der Waals surface area contributed by atoms with Gasteiger partial charge in [-0.1, -0.05) is 12.1 Å². The molecule has 1 fully saturated rings. The summed E-state index contributed by atoms with van der Waals surface area (Å²) in [6.07, 6.45) is 1.75. The molecule has 0 spiro atoms. The Hall–Kier alpha value is -0.910. The molecular formula is C14H22N2O2S. The van der Waals surface area contributed by atoms with Crippen molar-refractivity contribution in [2.75, 3.05) is 20.1 Å². The van der Waals surface area contributed by atoms with Gasteiger partial charge in [0.25, 0.3) is 0 Å². The van der Waals surface area contributed by atoms with Gasteiger partial charge in [-0.25, -0.2) is 8.42 Å². The fourth-order valence-corrected chi connectivity index (χ4v) is 4.23. The van der Waals surface area contributed by atoms with E-state index < -0.39 is 10.0 Å². The summed E-state index contributed by atoms with van der Waals surface area (Å²) in [6, 6.07) is 5.69. The number of rotatable bonds is 3. The Bertz CT molecular complexity index is 549. The van der Waals surface area contributed by atoms with E-state index in [4.69, 9.17) is 0 Å².